The number of hydrogen-bond donors (Lipinski definition) is 18. The summed E-state index contributed by atoms with van der Waals surface area (Å²) in [6.45, 7) is 1.40. The van der Waals surface area contributed by atoms with Gasteiger partial charge in [0.2, 0.25) is 17.7 Å². The third-order valence-electron chi connectivity index (χ3n) is 20.6. The average molecular weight is 1510 g/mol. The number of amides is 3. The highest BCUT2D eigenvalue weighted by molar-refractivity contribution is 5.76. The van der Waals surface area contributed by atoms with Gasteiger partial charge in [0.25, 0.3) is 0 Å². The molecule has 614 valence electrons. The second-order valence-corrected chi connectivity index (χ2v) is 29.3. The van der Waals surface area contributed by atoms with Crippen LogP contribution in [0.25, 0.3) is 0 Å². The van der Waals surface area contributed by atoms with Gasteiger partial charge >= 0.3 is 0 Å². The molecule has 5 heterocycles. The summed E-state index contributed by atoms with van der Waals surface area (Å²) in [5.74, 6) is -1.89. The molecule has 18 N–H and O–H groups in total. The maximum atomic E-state index is 13.5. The Balaban J connectivity index is 1.20. The Bertz CT molecular complexity index is 2340. The van der Waals surface area contributed by atoms with E-state index in [0.717, 1.165) is 65.2 Å². The van der Waals surface area contributed by atoms with Gasteiger partial charge in [-0.15, -0.1) is 0 Å². The first-order valence-electron chi connectivity index (χ1n) is 39.5. The predicted octanol–water partition coefficient (Wildman–Crippen LogP) is 1.31. The highest BCUT2D eigenvalue weighted by atomic mass is 16.8. The van der Waals surface area contributed by atoms with E-state index in [4.69, 9.17) is 47.4 Å². The van der Waals surface area contributed by atoms with Crippen LogP contribution >= 0.6 is 0 Å². The molecule has 5 fully saturated rings. The minimum Gasteiger partial charge on any atom is -0.394 e. The minimum atomic E-state index is -2.16. The lowest BCUT2D eigenvalue weighted by Gasteiger charge is -2.50. The molecule has 0 saturated carbocycles. The fourth-order valence-corrected chi connectivity index (χ4v) is 14.3. The lowest BCUT2D eigenvalue weighted by molar-refractivity contribution is -0.385. The molecule has 5 aliphatic heterocycles. The highest BCUT2D eigenvalue weighted by Gasteiger charge is 2.57. The number of aliphatic hydroxyl groups is 15. The monoisotopic (exact) mass is 1510 g/mol. The molecule has 0 aromatic rings. The molecular weight excluding hydrogens is 1380 g/mol. The van der Waals surface area contributed by atoms with Crippen molar-refractivity contribution in [2.75, 3.05) is 39.6 Å². The smallest absolute Gasteiger partial charge is 0.220 e. The van der Waals surface area contributed by atoms with Crippen molar-refractivity contribution >= 4 is 17.7 Å². The van der Waals surface area contributed by atoms with Crippen LogP contribution in [0.1, 0.15) is 233 Å². The van der Waals surface area contributed by atoms with Gasteiger partial charge in [-0.3, -0.25) is 14.4 Å². The highest BCUT2D eigenvalue weighted by Crippen LogP contribution is 2.37. The fraction of sp³-hybridized carbons (Fsp3) is 0.932. The maximum Gasteiger partial charge on any atom is 0.220 e. The first kappa shape index (κ1) is 92.8. The molecule has 0 aromatic carbocycles. The van der Waals surface area contributed by atoms with Crippen LogP contribution in [0.2, 0.25) is 0 Å². The number of hydrogen-bond acceptors (Lipinski definition) is 28. The van der Waals surface area contributed by atoms with Crippen molar-refractivity contribution in [2.24, 2.45) is 0 Å². The van der Waals surface area contributed by atoms with Gasteiger partial charge in [0.15, 0.2) is 31.5 Å². The van der Waals surface area contributed by atoms with Crippen molar-refractivity contribution in [3.8, 4) is 0 Å². The van der Waals surface area contributed by atoms with Gasteiger partial charge in [0.1, 0.15) is 122 Å². The molecule has 10 unspecified atom stereocenters. The number of allylic oxidation sites excluding steroid dienone is 1. The summed E-state index contributed by atoms with van der Waals surface area (Å²) in [5.41, 5.74) is 0. The van der Waals surface area contributed by atoms with Crippen LogP contribution in [0.15, 0.2) is 12.2 Å². The number of carbonyl (C=O) groups excluding carboxylic acids is 3. The fourth-order valence-electron chi connectivity index (χ4n) is 14.3. The van der Waals surface area contributed by atoms with Crippen LogP contribution in [-0.4, -0.2) is 300 Å². The molecule has 5 aliphatic rings. The zero-order valence-corrected chi connectivity index (χ0v) is 62.6. The van der Waals surface area contributed by atoms with E-state index in [1.165, 1.54) is 135 Å². The number of carbonyl (C=O) groups is 3. The van der Waals surface area contributed by atoms with E-state index < -0.39 is 217 Å². The van der Waals surface area contributed by atoms with E-state index in [-0.39, 0.29) is 12.3 Å². The molecule has 0 spiro atoms. The van der Waals surface area contributed by atoms with E-state index in [9.17, 15) is 91.0 Å². The van der Waals surface area contributed by atoms with Crippen molar-refractivity contribution < 1.29 is 138 Å². The van der Waals surface area contributed by atoms with Crippen molar-refractivity contribution in [3.05, 3.63) is 12.2 Å². The van der Waals surface area contributed by atoms with E-state index >= 15 is 0 Å². The molecule has 105 heavy (non-hydrogen) atoms. The molecule has 5 saturated heterocycles. The van der Waals surface area contributed by atoms with Crippen molar-refractivity contribution in [2.45, 2.75) is 399 Å². The third kappa shape index (κ3) is 30.6. The molecule has 0 bridgehead atoms. The quantitative estimate of drug-likeness (QED) is 0.0301. The number of aliphatic hydroxyl groups excluding tert-OH is 15. The van der Waals surface area contributed by atoms with Gasteiger partial charge in [-0.05, 0) is 19.3 Å². The Morgan fingerprint density at radius 3 is 1.10 bits per heavy atom. The molecule has 31 heteroatoms. The van der Waals surface area contributed by atoms with Gasteiger partial charge in [0, 0.05) is 20.3 Å². The van der Waals surface area contributed by atoms with Crippen LogP contribution in [0.5, 0.6) is 0 Å². The normalized spacial score (nSPS) is 34.4. The summed E-state index contributed by atoms with van der Waals surface area (Å²) < 4.78 is 59.0. The summed E-state index contributed by atoms with van der Waals surface area (Å²) in [6, 6.07) is -4.39. The van der Waals surface area contributed by atoms with E-state index in [1.807, 2.05) is 6.08 Å². The average Bonchev–Trinajstić information content (AvgIpc) is 0.773. The summed E-state index contributed by atoms with van der Waals surface area (Å²) >= 11 is 0. The lowest BCUT2D eigenvalue weighted by Crippen LogP contribution is -2.70. The first-order chi connectivity index (χ1) is 50.6. The molecule has 0 aromatic heterocycles. The van der Waals surface area contributed by atoms with E-state index in [2.05, 4.69) is 29.8 Å². The van der Waals surface area contributed by atoms with Gasteiger partial charge in [-0.25, -0.2) is 0 Å². The number of ether oxygens (including phenoxy) is 10. The van der Waals surface area contributed by atoms with E-state index in [0.29, 0.717) is 12.8 Å². The van der Waals surface area contributed by atoms with E-state index in [1.54, 1.807) is 6.08 Å². The van der Waals surface area contributed by atoms with Gasteiger partial charge < -0.3 is 140 Å². The zero-order chi connectivity index (χ0) is 76.8. The molecular formula is C74H135N3O28. The Morgan fingerprint density at radius 2 is 0.705 bits per heavy atom. The second-order valence-electron chi connectivity index (χ2n) is 29.3. The van der Waals surface area contributed by atoms with Crippen LogP contribution < -0.4 is 16.0 Å². The topological polar surface area (TPSA) is 483 Å². The van der Waals surface area contributed by atoms with Crippen molar-refractivity contribution in [1.29, 1.82) is 0 Å². The van der Waals surface area contributed by atoms with Crippen LogP contribution in [0.3, 0.4) is 0 Å². The lowest BCUT2D eigenvalue weighted by atomic mass is 9.94. The predicted molar refractivity (Wildman–Crippen MR) is 380 cm³/mol. The molecule has 31 nitrogen and oxygen atoms in total. The molecule has 5 rings (SSSR count). The van der Waals surface area contributed by atoms with Gasteiger partial charge in [-0.2, -0.15) is 0 Å². The summed E-state index contributed by atoms with van der Waals surface area (Å²) in [4.78, 5) is 38.5. The second kappa shape index (κ2) is 51.7. The summed E-state index contributed by atoms with van der Waals surface area (Å²) in [6.07, 6.45) is -3.73. The van der Waals surface area contributed by atoms with Crippen LogP contribution in [0, 0.1) is 0 Å². The zero-order valence-electron chi connectivity index (χ0n) is 62.6. The SMILES string of the molecule is CCCCCCCCCCCCC/C=C/[C@@H](O)[C@H](CO[C@@H]1OC(CO)[C@@H](O[C@@H]2OC(CO)[C@H](O)[C@H](O[C@@H]3OC(CO)[C@@H](O[C@@H]4OC(CO)[C@H](O)[C@H](O[C@H]5OC(CO)[C@@H](O)[C@H](O)C5NC(C)=O)C4O)[C@H](O)C3NC(C)=O)C2O)[C@H](O)C1O)NC(=O)CCCCCCCCCCCCCCCCCCCCC. The number of rotatable bonds is 53. The van der Waals surface area contributed by atoms with Gasteiger partial charge in [0.05, 0.1) is 51.8 Å². The number of unbranched alkanes of at least 4 members (excludes halogenated alkanes) is 29. The van der Waals surface area contributed by atoms with Crippen molar-refractivity contribution in [3.63, 3.8) is 0 Å². The summed E-state index contributed by atoms with van der Waals surface area (Å²) in [5, 5.41) is 175. The number of nitrogens with one attached hydrogen (secondary N) is 3. The van der Waals surface area contributed by atoms with Crippen molar-refractivity contribution in [1.82, 2.24) is 16.0 Å². The molecule has 27 atom stereocenters. The third-order valence-corrected chi connectivity index (χ3v) is 20.6. The van der Waals surface area contributed by atoms with Crippen LogP contribution in [0.4, 0.5) is 0 Å². The molecule has 0 aliphatic carbocycles. The van der Waals surface area contributed by atoms with Crippen LogP contribution in [-0.2, 0) is 61.8 Å². The van der Waals surface area contributed by atoms with Gasteiger partial charge in [-0.1, -0.05) is 206 Å². The standard InChI is InChI=1S/C74H135N3O28/c1-5-7-9-11-13-15-17-19-20-21-22-23-24-26-28-30-32-34-36-38-54(86)77-47(48(85)37-35-33-31-29-27-25-18-16-14-12-10-8-6-2)44-96-72-63(93)62(92)67(53(43-82)101-72)103-74-65(95)69(59(89)51(41-80)99-74)105-71-56(76-46(4)84)61(91)66(52(42-81)100-71)102-73-64(94)68(58(88)50(40-79)98-73)104-70-55(75-45(3)83)60(90)57(87)49(39-78)97-70/h35,37,47-53,55-74,78-82,85,87-95H,5-34,36,38-44H2,1-4H3,(H,75,83)(H,76,84)(H,77,86)/b37-35+/t47-,48+,49?,50?,51?,52?,53?,55?,56?,57+,58-,59-,60+,61+,62+,63?,64?,65?,66+,67+,68-,69-,70+,71-,72+,73-,74-/m0/s1. The summed E-state index contributed by atoms with van der Waals surface area (Å²) in [7, 11) is 0. The molecule has 0 radical (unpaired) electrons. The Hall–Kier alpha value is -2.85. The Kier molecular flexibility index (Phi) is 45.6. The minimum absolute atomic E-state index is 0.191. The Morgan fingerprint density at radius 1 is 0.371 bits per heavy atom. The Labute approximate surface area is 620 Å². The molecule has 3 amide bonds. The first-order valence-corrected chi connectivity index (χ1v) is 39.5. The maximum absolute atomic E-state index is 13.5. The largest absolute Gasteiger partial charge is 0.394 e.